The number of hydrogen-bond acceptors (Lipinski definition) is 4. The van der Waals surface area contributed by atoms with E-state index < -0.39 is 0 Å². The van der Waals surface area contributed by atoms with Gasteiger partial charge in [0, 0.05) is 55.8 Å². The minimum Gasteiger partial charge on any atom is -0.329 e. The van der Waals surface area contributed by atoms with Crippen molar-refractivity contribution in [1.82, 2.24) is 9.80 Å². The molecule has 2 heterocycles. The maximum absolute atomic E-state index is 6.11. The molecule has 2 fully saturated rings. The summed E-state index contributed by atoms with van der Waals surface area (Å²) in [6.45, 7) is 13.9. The Hall–Kier alpha value is 0.230. The highest BCUT2D eigenvalue weighted by Crippen LogP contribution is 2.38. The minimum atomic E-state index is 0.300. The molecule has 0 saturated carbocycles. The predicted octanol–water partition coefficient (Wildman–Crippen LogP) is 1.48. The molecule has 0 radical (unpaired) electrons. The molecule has 0 aromatic heterocycles. The molecule has 106 valence electrons. The third kappa shape index (κ3) is 3.21. The van der Waals surface area contributed by atoms with Crippen LogP contribution in [-0.4, -0.2) is 65.6 Å². The van der Waals surface area contributed by atoms with Gasteiger partial charge in [0.15, 0.2) is 0 Å². The highest BCUT2D eigenvalue weighted by molar-refractivity contribution is 8.00. The Morgan fingerprint density at radius 1 is 1.28 bits per heavy atom. The Bertz CT molecular complexity index is 264. The minimum absolute atomic E-state index is 0.300. The highest BCUT2D eigenvalue weighted by Gasteiger charge is 2.42. The number of thioether (sulfide) groups is 1. The summed E-state index contributed by atoms with van der Waals surface area (Å²) in [4.78, 5) is 5.29. The van der Waals surface area contributed by atoms with Crippen LogP contribution in [0.5, 0.6) is 0 Å². The van der Waals surface area contributed by atoms with E-state index in [1.54, 1.807) is 0 Å². The molecule has 2 saturated heterocycles. The second-order valence-electron chi connectivity index (χ2n) is 6.44. The van der Waals surface area contributed by atoms with E-state index in [4.69, 9.17) is 5.73 Å². The average molecular weight is 271 g/mol. The smallest absolute Gasteiger partial charge is 0.0433 e. The van der Waals surface area contributed by atoms with Crippen molar-refractivity contribution >= 4 is 11.8 Å². The van der Waals surface area contributed by atoms with Gasteiger partial charge < -0.3 is 10.6 Å². The van der Waals surface area contributed by atoms with Crippen molar-refractivity contribution in [2.75, 3.05) is 45.0 Å². The van der Waals surface area contributed by atoms with Crippen LogP contribution in [0.25, 0.3) is 0 Å². The Labute approximate surface area is 116 Å². The molecule has 0 aromatic rings. The summed E-state index contributed by atoms with van der Waals surface area (Å²) in [5, 5.41) is 0.780. The van der Waals surface area contributed by atoms with Gasteiger partial charge in [-0.25, -0.2) is 0 Å². The first-order valence-electron chi connectivity index (χ1n) is 7.35. The van der Waals surface area contributed by atoms with Crippen molar-refractivity contribution in [3.8, 4) is 0 Å². The zero-order valence-corrected chi connectivity index (χ0v) is 13.0. The number of rotatable bonds is 4. The molecule has 2 aliphatic heterocycles. The van der Waals surface area contributed by atoms with Crippen LogP contribution < -0.4 is 5.73 Å². The second kappa shape index (κ2) is 6.12. The lowest BCUT2D eigenvalue weighted by atomic mass is 9.93. The Kier molecular flexibility index (Phi) is 4.98. The summed E-state index contributed by atoms with van der Waals surface area (Å²) in [5.41, 5.74) is 6.41. The fourth-order valence-electron chi connectivity index (χ4n) is 3.36. The van der Waals surface area contributed by atoms with Crippen molar-refractivity contribution in [2.24, 2.45) is 11.7 Å². The topological polar surface area (TPSA) is 32.5 Å². The SMILES string of the molecule is CC(C)CN1CCN(C2(CN)CSC(C)C2)CC1. The fourth-order valence-corrected chi connectivity index (χ4v) is 4.80. The van der Waals surface area contributed by atoms with Gasteiger partial charge in [-0.1, -0.05) is 20.8 Å². The molecule has 18 heavy (non-hydrogen) atoms. The van der Waals surface area contributed by atoms with E-state index in [0.29, 0.717) is 5.54 Å². The van der Waals surface area contributed by atoms with E-state index in [2.05, 4.69) is 42.3 Å². The highest BCUT2D eigenvalue weighted by atomic mass is 32.2. The van der Waals surface area contributed by atoms with Crippen molar-refractivity contribution in [3.63, 3.8) is 0 Å². The van der Waals surface area contributed by atoms with Crippen molar-refractivity contribution in [1.29, 1.82) is 0 Å². The summed E-state index contributed by atoms with van der Waals surface area (Å²) >= 11 is 2.10. The molecule has 3 nitrogen and oxygen atoms in total. The summed E-state index contributed by atoms with van der Waals surface area (Å²) < 4.78 is 0. The van der Waals surface area contributed by atoms with Crippen LogP contribution in [0.3, 0.4) is 0 Å². The van der Waals surface area contributed by atoms with Crippen LogP contribution in [0.4, 0.5) is 0 Å². The monoisotopic (exact) mass is 271 g/mol. The average Bonchev–Trinajstić information content (AvgIpc) is 2.72. The van der Waals surface area contributed by atoms with Crippen molar-refractivity contribution < 1.29 is 0 Å². The summed E-state index contributed by atoms with van der Waals surface area (Å²) in [5.74, 6) is 2.01. The maximum Gasteiger partial charge on any atom is 0.0433 e. The molecule has 4 heteroatoms. The normalized spacial score (nSPS) is 35.5. The summed E-state index contributed by atoms with van der Waals surface area (Å²) in [6.07, 6.45) is 1.28. The van der Waals surface area contributed by atoms with E-state index in [1.165, 1.54) is 44.9 Å². The van der Waals surface area contributed by atoms with Gasteiger partial charge in [-0.3, -0.25) is 4.90 Å². The first-order chi connectivity index (χ1) is 8.55. The Morgan fingerprint density at radius 3 is 2.39 bits per heavy atom. The molecule has 0 bridgehead atoms. The molecule has 0 spiro atoms. The maximum atomic E-state index is 6.11. The van der Waals surface area contributed by atoms with Crippen LogP contribution in [0, 0.1) is 5.92 Å². The number of piperazine rings is 1. The molecule has 2 N–H and O–H groups in total. The van der Waals surface area contributed by atoms with E-state index in [9.17, 15) is 0 Å². The molecule has 2 atom stereocenters. The Morgan fingerprint density at radius 2 is 1.94 bits per heavy atom. The van der Waals surface area contributed by atoms with Crippen molar-refractivity contribution in [3.05, 3.63) is 0 Å². The number of nitrogens with two attached hydrogens (primary N) is 1. The van der Waals surface area contributed by atoms with E-state index in [1.807, 2.05) is 0 Å². The molecular formula is C14H29N3S. The molecule has 2 aliphatic rings. The molecule has 0 amide bonds. The number of hydrogen-bond donors (Lipinski definition) is 1. The van der Waals surface area contributed by atoms with Gasteiger partial charge in [-0.2, -0.15) is 11.8 Å². The van der Waals surface area contributed by atoms with Gasteiger partial charge in [-0.15, -0.1) is 0 Å². The van der Waals surface area contributed by atoms with Gasteiger partial charge in [0.25, 0.3) is 0 Å². The van der Waals surface area contributed by atoms with E-state index >= 15 is 0 Å². The van der Waals surface area contributed by atoms with E-state index in [-0.39, 0.29) is 0 Å². The third-order valence-corrected chi connectivity index (χ3v) is 5.79. The number of nitrogens with zero attached hydrogens (tertiary/aromatic N) is 2. The largest absolute Gasteiger partial charge is 0.329 e. The third-order valence-electron chi connectivity index (χ3n) is 4.35. The van der Waals surface area contributed by atoms with Crippen LogP contribution in [0.15, 0.2) is 0 Å². The summed E-state index contributed by atoms with van der Waals surface area (Å²) in [6, 6.07) is 0. The molecule has 2 unspecified atom stereocenters. The van der Waals surface area contributed by atoms with Gasteiger partial charge in [0.05, 0.1) is 0 Å². The molecular weight excluding hydrogens is 242 g/mol. The molecule has 0 aliphatic carbocycles. The zero-order valence-electron chi connectivity index (χ0n) is 12.2. The van der Waals surface area contributed by atoms with Gasteiger partial charge >= 0.3 is 0 Å². The van der Waals surface area contributed by atoms with Gasteiger partial charge in [-0.05, 0) is 12.3 Å². The lowest BCUT2D eigenvalue weighted by Gasteiger charge is -2.45. The Balaban J connectivity index is 1.88. The van der Waals surface area contributed by atoms with Crippen LogP contribution >= 0.6 is 11.8 Å². The lowest BCUT2D eigenvalue weighted by molar-refractivity contribution is 0.0444. The fraction of sp³-hybridized carbons (Fsp3) is 1.00. The lowest BCUT2D eigenvalue weighted by Crippen LogP contribution is -2.60. The quantitative estimate of drug-likeness (QED) is 0.839. The van der Waals surface area contributed by atoms with Gasteiger partial charge in [0.1, 0.15) is 0 Å². The molecule has 2 rings (SSSR count). The predicted molar refractivity (Wildman–Crippen MR) is 81.2 cm³/mol. The second-order valence-corrected chi connectivity index (χ2v) is 7.86. The standard InChI is InChI=1S/C14H29N3S/c1-12(2)9-16-4-6-17(7-5-16)14(10-15)8-13(3)18-11-14/h12-13H,4-11,15H2,1-3H3. The van der Waals surface area contributed by atoms with Crippen molar-refractivity contribution in [2.45, 2.75) is 38.0 Å². The molecule has 0 aromatic carbocycles. The first kappa shape index (κ1) is 14.6. The summed E-state index contributed by atoms with van der Waals surface area (Å²) in [7, 11) is 0. The van der Waals surface area contributed by atoms with Gasteiger partial charge in [0.2, 0.25) is 0 Å². The zero-order chi connectivity index (χ0) is 13.2. The van der Waals surface area contributed by atoms with Crippen LogP contribution in [0.1, 0.15) is 27.2 Å². The van der Waals surface area contributed by atoms with Crippen LogP contribution in [0.2, 0.25) is 0 Å². The van der Waals surface area contributed by atoms with E-state index in [0.717, 1.165) is 17.7 Å². The van der Waals surface area contributed by atoms with Crippen LogP contribution in [-0.2, 0) is 0 Å². The first-order valence-corrected chi connectivity index (χ1v) is 8.40.